The standard InChI is InChI=1S/C23H24ClN5O2S.ClH/c1-4-28(5-2)12-13-29(22(30)15-6-8-17-18(14-15)26-11-10-25-17)23-27-20-19(31-3)9-7-16(24)21(20)32-23;/h6-11,14H,4-5,12-13H2,1-3H3;1H. The lowest BCUT2D eigenvalue weighted by molar-refractivity contribution is 0.0984. The summed E-state index contributed by atoms with van der Waals surface area (Å²) in [5.74, 6) is 0.489. The van der Waals surface area contributed by atoms with Gasteiger partial charge in [0, 0.05) is 31.0 Å². The van der Waals surface area contributed by atoms with Crippen molar-refractivity contribution in [2.45, 2.75) is 13.8 Å². The lowest BCUT2D eigenvalue weighted by Crippen LogP contribution is -2.38. The number of carbonyl (C=O) groups excluding carboxylic acids is 1. The normalized spacial score (nSPS) is 11.1. The van der Waals surface area contributed by atoms with E-state index in [1.165, 1.54) is 11.3 Å². The number of methoxy groups -OCH3 is 1. The van der Waals surface area contributed by atoms with Crippen LogP contribution in [-0.2, 0) is 0 Å². The zero-order valence-electron chi connectivity index (χ0n) is 18.6. The summed E-state index contributed by atoms with van der Waals surface area (Å²) in [6.07, 6.45) is 3.26. The summed E-state index contributed by atoms with van der Waals surface area (Å²) in [5, 5.41) is 1.17. The van der Waals surface area contributed by atoms with E-state index in [9.17, 15) is 4.79 Å². The average molecular weight is 506 g/mol. The highest BCUT2D eigenvalue weighted by Gasteiger charge is 2.24. The summed E-state index contributed by atoms with van der Waals surface area (Å²) in [5.41, 5.74) is 2.62. The van der Waals surface area contributed by atoms with Gasteiger partial charge in [-0.05, 0) is 43.4 Å². The molecule has 4 aromatic rings. The number of benzene rings is 2. The first kappa shape index (κ1) is 25.1. The monoisotopic (exact) mass is 505 g/mol. The molecule has 0 saturated carbocycles. The molecule has 2 heterocycles. The number of ether oxygens (including phenoxy) is 1. The summed E-state index contributed by atoms with van der Waals surface area (Å²) >= 11 is 7.82. The number of rotatable bonds is 8. The second kappa shape index (κ2) is 11.1. The highest BCUT2D eigenvalue weighted by molar-refractivity contribution is 7.23. The van der Waals surface area contributed by atoms with Crippen molar-refractivity contribution in [1.29, 1.82) is 0 Å². The number of amides is 1. The van der Waals surface area contributed by atoms with E-state index in [1.807, 2.05) is 6.07 Å². The predicted octanol–water partition coefficient (Wildman–Crippen LogP) is 5.31. The Hall–Kier alpha value is -2.52. The highest BCUT2D eigenvalue weighted by Crippen LogP contribution is 2.39. The molecule has 0 spiro atoms. The van der Waals surface area contributed by atoms with E-state index >= 15 is 0 Å². The van der Waals surface area contributed by atoms with Crippen LogP contribution in [0.25, 0.3) is 21.3 Å². The second-order valence-electron chi connectivity index (χ2n) is 7.17. The minimum absolute atomic E-state index is 0. The van der Waals surface area contributed by atoms with Crippen LogP contribution in [0.15, 0.2) is 42.7 Å². The first-order chi connectivity index (χ1) is 15.5. The van der Waals surface area contributed by atoms with Gasteiger partial charge in [-0.25, -0.2) is 4.98 Å². The van der Waals surface area contributed by atoms with Gasteiger partial charge in [0.25, 0.3) is 5.91 Å². The second-order valence-corrected chi connectivity index (χ2v) is 8.55. The molecular weight excluding hydrogens is 481 g/mol. The number of likely N-dealkylation sites (N-methyl/N-ethyl adjacent to an activating group) is 1. The molecule has 2 aromatic carbocycles. The zero-order chi connectivity index (χ0) is 22.7. The Morgan fingerprint density at radius 1 is 1.06 bits per heavy atom. The van der Waals surface area contributed by atoms with Gasteiger partial charge in [0.1, 0.15) is 11.3 Å². The van der Waals surface area contributed by atoms with Gasteiger partial charge in [0.2, 0.25) is 0 Å². The Kier molecular flexibility index (Phi) is 8.42. The van der Waals surface area contributed by atoms with Crippen LogP contribution in [0.4, 0.5) is 5.13 Å². The van der Waals surface area contributed by atoms with Crippen molar-refractivity contribution in [3.8, 4) is 5.75 Å². The van der Waals surface area contributed by atoms with E-state index in [4.69, 9.17) is 21.3 Å². The zero-order valence-corrected chi connectivity index (χ0v) is 21.0. The SMILES string of the molecule is CCN(CC)CCN(C(=O)c1ccc2nccnc2c1)c1nc2c(OC)ccc(Cl)c2s1.Cl. The number of hydrogen-bond acceptors (Lipinski definition) is 7. The largest absolute Gasteiger partial charge is 0.494 e. The van der Waals surface area contributed by atoms with Gasteiger partial charge in [-0.15, -0.1) is 12.4 Å². The third kappa shape index (κ3) is 5.19. The quantitative estimate of drug-likeness (QED) is 0.323. The maximum Gasteiger partial charge on any atom is 0.260 e. The van der Waals surface area contributed by atoms with Crippen molar-refractivity contribution < 1.29 is 9.53 Å². The molecule has 7 nitrogen and oxygen atoms in total. The van der Waals surface area contributed by atoms with Crippen LogP contribution in [0.2, 0.25) is 5.02 Å². The maximum atomic E-state index is 13.7. The van der Waals surface area contributed by atoms with Crippen molar-refractivity contribution in [2.24, 2.45) is 0 Å². The molecule has 0 radical (unpaired) electrons. The van der Waals surface area contributed by atoms with Crippen LogP contribution < -0.4 is 9.64 Å². The minimum atomic E-state index is -0.140. The van der Waals surface area contributed by atoms with Crippen molar-refractivity contribution in [3.05, 3.63) is 53.3 Å². The molecule has 0 saturated heterocycles. The lowest BCUT2D eigenvalue weighted by Gasteiger charge is -2.24. The molecule has 33 heavy (non-hydrogen) atoms. The van der Waals surface area contributed by atoms with Gasteiger partial charge in [0.05, 0.1) is 27.9 Å². The van der Waals surface area contributed by atoms with E-state index in [2.05, 4.69) is 28.7 Å². The first-order valence-corrected chi connectivity index (χ1v) is 11.6. The van der Waals surface area contributed by atoms with Crippen LogP contribution in [0.5, 0.6) is 5.75 Å². The van der Waals surface area contributed by atoms with E-state index < -0.39 is 0 Å². The molecule has 0 aliphatic carbocycles. The molecule has 0 aliphatic rings. The van der Waals surface area contributed by atoms with Gasteiger partial charge in [0.15, 0.2) is 5.13 Å². The van der Waals surface area contributed by atoms with Gasteiger partial charge in [-0.1, -0.05) is 36.8 Å². The molecule has 0 bridgehead atoms. The third-order valence-electron chi connectivity index (χ3n) is 5.39. The van der Waals surface area contributed by atoms with Crippen LogP contribution in [0, 0.1) is 0 Å². The number of carbonyl (C=O) groups is 1. The average Bonchev–Trinajstić information content (AvgIpc) is 3.27. The first-order valence-electron chi connectivity index (χ1n) is 10.4. The third-order valence-corrected chi connectivity index (χ3v) is 6.93. The van der Waals surface area contributed by atoms with E-state index in [0.29, 0.717) is 39.0 Å². The van der Waals surface area contributed by atoms with Crippen molar-refractivity contribution in [1.82, 2.24) is 19.9 Å². The fourth-order valence-corrected chi connectivity index (χ4v) is 4.82. The van der Waals surface area contributed by atoms with E-state index in [-0.39, 0.29) is 18.3 Å². The number of anilines is 1. The van der Waals surface area contributed by atoms with Crippen molar-refractivity contribution in [2.75, 3.05) is 38.2 Å². The smallest absolute Gasteiger partial charge is 0.260 e. The summed E-state index contributed by atoms with van der Waals surface area (Å²) in [6.45, 7) is 7.26. The summed E-state index contributed by atoms with van der Waals surface area (Å²) in [6, 6.07) is 8.95. The Balaban J connectivity index is 0.00000306. The molecule has 0 N–H and O–H groups in total. The highest BCUT2D eigenvalue weighted by atomic mass is 35.5. The topological polar surface area (TPSA) is 71.5 Å². The maximum absolute atomic E-state index is 13.7. The van der Waals surface area contributed by atoms with Gasteiger partial charge in [-0.2, -0.15) is 0 Å². The Morgan fingerprint density at radius 2 is 1.79 bits per heavy atom. The van der Waals surface area contributed by atoms with Crippen molar-refractivity contribution in [3.63, 3.8) is 0 Å². The number of nitrogens with zero attached hydrogens (tertiary/aromatic N) is 5. The molecule has 0 atom stereocenters. The summed E-state index contributed by atoms with van der Waals surface area (Å²) in [7, 11) is 1.60. The number of fused-ring (bicyclic) bond motifs is 2. The summed E-state index contributed by atoms with van der Waals surface area (Å²) < 4.78 is 6.26. The molecular formula is C23H25Cl2N5O2S. The molecule has 2 aromatic heterocycles. The van der Waals surface area contributed by atoms with Crippen LogP contribution in [0.3, 0.4) is 0 Å². The van der Waals surface area contributed by atoms with Crippen LogP contribution >= 0.6 is 35.3 Å². The molecule has 1 amide bonds. The fourth-order valence-electron chi connectivity index (χ4n) is 3.54. The molecule has 174 valence electrons. The fraction of sp³-hybridized carbons (Fsp3) is 0.304. The molecule has 4 rings (SSSR count). The summed E-state index contributed by atoms with van der Waals surface area (Å²) in [4.78, 5) is 31.0. The van der Waals surface area contributed by atoms with E-state index in [1.54, 1.807) is 48.7 Å². The van der Waals surface area contributed by atoms with E-state index in [0.717, 1.165) is 29.9 Å². The minimum Gasteiger partial charge on any atom is -0.494 e. The molecule has 0 fully saturated rings. The van der Waals surface area contributed by atoms with Crippen LogP contribution in [-0.4, -0.2) is 59.0 Å². The van der Waals surface area contributed by atoms with Gasteiger partial charge >= 0.3 is 0 Å². The van der Waals surface area contributed by atoms with Crippen LogP contribution in [0.1, 0.15) is 24.2 Å². The van der Waals surface area contributed by atoms with Gasteiger partial charge < -0.3 is 9.64 Å². The Bertz CT molecular complexity index is 1260. The van der Waals surface area contributed by atoms with Crippen molar-refractivity contribution >= 4 is 67.6 Å². The number of hydrogen-bond donors (Lipinski definition) is 0. The molecule has 0 unspecified atom stereocenters. The lowest BCUT2D eigenvalue weighted by atomic mass is 10.1. The number of halogens is 2. The Morgan fingerprint density at radius 3 is 2.48 bits per heavy atom. The molecule has 0 aliphatic heterocycles. The molecule has 10 heteroatoms. The number of aromatic nitrogens is 3. The van der Waals surface area contributed by atoms with Gasteiger partial charge in [-0.3, -0.25) is 19.7 Å². The predicted molar refractivity (Wildman–Crippen MR) is 137 cm³/mol. The Labute approximate surface area is 207 Å². The number of thiazole rings is 1.